The molecule has 90 valence electrons. The van der Waals surface area contributed by atoms with Gasteiger partial charge in [-0.25, -0.2) is 4.98 Å². The Bertz CT molecular complexity index is 571. The molecule has 2 heterocycles. The number of aryl methyl sites for hydroxylation is 3. The molecule has 0 saturated carbocycles. The molecule has 0 unspecified atom stereocenters. The lowest BCUT2D eigenvalue weighted by molar-refractivity contribution is 0.101. The van der Waals surface area contributed by atoms with Gasteiger partial charge in [-0.05, 0) is 13.8 Å². The molecule has 3 N–H and O–H groups in total. The summed E-state index contributed by atoms with van der Waals surface area (Å²) in [5.74, 6) is -0.292. The predicted octanol–water partition coefficient (Wildman–Crippen LogP) is 1.33. The lowest BCUT2D eigenvalue weighted by atomic mass is 10.3. The van der Waals surface area contributed by atoms with E-state index in [2.05, 4.69) is 15.4 Å². The number of nitrogens with one attached hydrogen (secondary N) is 1. The molecular formula is C10H13N5OS. The number of thiazole rings is 1. The zero-order valence-corrected chi connectivity index (χ0v) is 10.6. The summed E-state index contributed by atoms with van der Waals surface area (Å²) < 4.78 is 1.47. The van der Waals surface area contributed by atoms with E-state index in [0.29, 0.717) is 22.2 Å². The fourth-order valence-corrected chi connectivity index (χ4v) is 2.19. The van der Waals surface area contributed by atoms with Crippen LogP contribution in [0.2, 0.25) is 0 Å². The van der Waals surface area contributed by atoms with Crippen LogP contribution in [0.15, 0.2) is 5.38 Å². The number of nitrogen functional groups attached to an aromatic ring is 1. The number of nitrogens with zero attached hydrogens (tertiary/aromatic N) is 3. The van der Waals surface area contributed by atoms with E-state index in [1.165, 1.54) is 16.0 Å². The molecule has 0 bridgehead atoms. The van der Waals surface area contributed by atoms with E-state index in [1.54, 1.807) is 14.0 Å². The molecule has 0 aliphatic carbocycles. The number of amides is 1. The number of anilines is 2. The fraction of sp³-hybridized carbons (Fsp3) is 0.300. The van der Waals surface area contributed by atoms with Gasteiger partial charge in [-0.1, -0.05) is 0 Å². The zero-order valence-electron chi connectivity index (χ0n) is 9.81. The number of nitrogens with two attached hydrogens (primary N) is 1. The van der Waals surface area contributed by atoms with Gasteiger partial charge in [0.1, 0.15) is 5.69 Å². The molecule has 0 aliphatic rings. The molecular weight excluding hydrogens is 238 g/mol. The molecule has 0 spiro atoms. The summed E-state index contributed by atoms with van der Waals surface area (Å²) in [5, 5.41) is 9.22. The van der Waals surface area contributed by atoms with Crippen LogP contribution in [-0.4, -0.2) is 20.7 Å². The summed E-state index contributed by atoms with van der Waals surface area (Å²) in [6.07, 6.45) is 0. The highest BCUT2D eigenvalue weighted by Crippen LogP contribution is 2.19. The number of rotatable bonds is 2. The highest BCUT2D eigenvalue weighted by atomic mass is 32.1. The van der Waals surface area contributed by atoms with Crippen molar-refractivity contribution >= 4 is 28.1 Å². The van der Waals surface area contributed by atoms with Crippen LogP contribution in [0.1, 0.15) is 21.9 Å². The van der Waals surface area contributed by atoms with Gasteiger partial charge < -0.3 is 5.73 Å². The molecule has 6 nitrogen and oxygen atoms in total. The summed E-state index contributed by atoms with van der Waals surface area (Å²) in [5.41, 5.74) is 8.08. The minimum atomic E-state index is -0.292. The summed E-state index contributed by atoms with van der Waals surface area (Å²) in [4.78, 5) is 16.2. The van der Waals surface area contributed by atoms with Gasteiger partial charge in [0, 0.05) is 12.4 Å². The quantitative estimate of drug-likeness (QED) is 0.843. The highest BCUT2D eigenvalue weighted by molar-refractivity contribution is 7.13. The van der Waals surface area contributed by atoms with Crippen LogP contribution in [0.4, 0.5) is 10.8 Å². The predicted molar refractivity (Wildman–Crippen MR) is 67.2 cm³/mol. The largest absolute Gasteiger partial charge is 0.395 e. The number of hydrogen-bond acceptors (Lipinski definition) is 5. The van der Waals surface area contributed by atoms with Crippen LogP contribution in [0.3, 0.4) is 0 Å². The lowest BCUT2D eigenvalue weighted by Gasteiger charge is -2.02. The van der Waals surface area contributed by atoms with Crippen molar-refractivity contribution in [1.29, 1.82) is 0 Å². The summed E-state index contributed by atoms with van der Waals surface area (Å²) in [6.45, 7) is 3.63. The van der Waals surface area contributed by atoms with Gasteiger partial charge in [0.05, 0.1) is 17.1 Å². The van der Waals surface area contributed by atoms with Gasteiger partial charge in [-0.15, -0.1) is 11.3 Å². The summed E-state index contributed by atoms with van der Waals surface area (Å²) >= 11 is 1.38. The second-order valence-electron chi connectivity index (χ2n) is 3.72. The SMILES string of the molecule is Cc1csc(NC(=O)c2c(N)c(C)nn2C)n1. The van der Waals surface area contributed by atoms with Gasteiger partial charge in [0.25, 0.3) is 5.91 Å². The first kappa shape index (κ1) is 11.6. The molecule has 1 amide bonds. The topological polar surface area (TPSA) is 85.8 Å². The lowest BCUT2D eigenvalue weighted by Crippen LogP contribution is -2.17. The Kier molecular flexibility index (Phi) is 2.84. The smallest absolute Gasteiger partial charge is 0.277 e. The van der Waals surface area contributed by atoms with Crippen molar-refractivity contribution < 1.29 is 4.79 Å². The first-order valence-electron chi connectivity index (χ1n) is 5.01. The molecule has 0 fully saturated rings. The van der Waals surface area contributed by atoms with Crippen LogP contribution < -0.4 is 11.1 Å². The molecule has 0 saturated heterocycles. The third kappa shape index (κ3) is 2.14. The Labute approximate surface area is 102 Å². The van der Waals surface area contributed by atoms with E-state index >= 15 is 0 Å². The summed E-state index contributed by atoms with van der Waals surface area (Å²) in [7, 11) is 1.69. The van der Waals surface area contributed by atoms with Crippen LogP contribution in [-0.2, 0) is 7.05 Å². The van der Waals surface area contributed by atoms with Crippen molar-refractivity contribution in [2.75, 3.05) is 11.1 Å². The van der Waals surface area contributed by atoms with Crippen molar-refractivity contribution in [3.05, 3.63) is 22.5 Å². The standard InChI is InChI=1S/C10H13N5OS/c1-5-4-17-10(12-5)13-9(16)8-7(11)6(2)14-15(8)3/h4H,11H2,1-3H3,(H,12,13,16). The second kappa shape index (κ2) is 4.17. The zero-order chi connectivity index (χ0) is 12.6. The van der Waals surface area contributed by atoms with Crippen molar-refractivity contribution in [2.24, 2.45) is 7.05 Å². The molecule has 2 rings (SSSR count). The molecule has 2 aromatic rings. The molecule has 0 radical (unpaired) electrons. The van der Waals surface area contributed by atoms with E-state index in [-0.39, 0.29) is 5.91 Å². The Morgan fingerprint density at radius 2 is 2.24 bits per heavy atom. The van der Waals surface area contributed by atoms with Crippen LogP contribution >= 0.6 is 11.3 Å². The first-order chi connectivity index (χ1) is 7.99. The first-order valence-corrected chi connectivity index (χ1v) is 5.89. The highest BCUT2D eigenvalue weighted by Gasteiger charge is 2.18. The maximum atomic E-state index is 12.0. The number of carbonyl (C=O) groups excluding carboxylic acids is 1. The fourth-order valence-electron chi connectivity index (χ4n) is 1.51. The third-order valence-corrected chi connectivity index (χ3v) is 3.20. The summed E-state index contributed by atoms with van der Waals surface area (Å²) in [6, 6.07) is 0. The maximum absolute atomic E-state index is 12.0. The monoisotopic (exact) mass is 251 g/mol. The van der Waals surface area contributed by atoms with Gasteiger partial charge in [0.15, 0.2) is 5.13 Å². The van der Waals surface area contributed by atoms with Crippen LogP contribution in [0.25, 0.3) is 0 Å². The Hall–Kier alpha value is -1.89. The van der Waals surface area contributed by atoms with Gasteiger partial charge in [0.2, 0.25) is 0 Å². The van der Waals surface area contributed by atoms with Crippen molar-refractivity contribution in [3.8, 4) is 0 Å². The average molecular weight is 251 g/mol. The van der Waals surface area contributed by atoms with Crippen molar-refractivity contribution in [2.45, 2.75) is 13.8 Å². The van der Waals surface area contributed by atoms with E-state index in [4.69, 9.17) is 5.73 Å². The second-order valence-corrected chi connectivity index (χ2v) is 4.58. The Morgan fingerprint density at radius 3 is 2.71 bits per heavy atom. The number of carbonyl (C=O) groups is 1. The Balaban J connectivity index is 2.26. The third-order valence-electron chi connectivity index (χ3n) is 2.32. The normalized spacial score (nSPS) is 10.5. The molecule has 17 heavy (non-hydrogen) atoms. The molecule has 0 aromatic carbocycles. The molecule has 2 aromatic heterocycles. The van der Waals surface area contributed by atoms with E-state index < -0.39 is 0 Å². The van der Waals surface area contributed by atoms with Crippen molar-refractivity contribution in [3.63, 3.8) is 0 Å². The van der Waals surface area contributed by atoms with Gasteiger partial charge >= 0.3 is 0 Å². The van der Waals surface area contributed by atoms with Crippen LogP contribution in [0, 0.1) is 13.8 Å². The molecule has 0 aliphatic heterocycles. The minimum absolute atomic E-state index is 0.292. The van der Waals surface area contributed by atoms with E-state index in [0.717, 1.165) is 5.69 Å². The van der Waals surface area contributed by atoms with Crippen LogP contribution in [0.5, 0.6) is 0 Å². The average Bonchev–Trinajstić information content (AvgIpc) is 2.73. The van der Waals surface area contributed by atoms with Gasteiger partial charge in [-0.2, -0.15) is 5.10 Å². The minimum Gasteiger partial charge on any atom is -0.395 e. The molecule has 7 heteroatoms. The van der Waals surface area contributed by atoms with E-state index in [9.17, 15) is 4.79 Å². The Morgan fingerprint density at radius 1 is 1.53 bits per heavy atom. The molecule has 0 atom stereocenters. The van der Waals surface area contributed by atoms with Gasteiger partial charge in [-0.3, -0.25) is 14.8 Å². The van der Waals surface area contributed by atoms with E-state index in [1.807, 2.05) is 12.3 Å². The number of hydrogen-bond donors (Lipinski definition) is 2. The maximum Gasteiger partial charge on any atom is 0.277 e. The number of aromatic nitrogens is 3. The van der Waals surface area contributed by atoms with Crippen molar-refractivity contribution in [1.82, 2.24) is 14.8 Å².